The van der Waals surface area contributed by atoms with Crippen molar-refractivity contribution < 1.29 is 0 Å². The molecule has 1 heteroatoms. The van der Waals surface area contributed by atoms with E-state index in [1.807, 2.05) is 13.0 Å². The molecule has 0 bridgehead atoms. The fraction of sp³-hybridized carbons (Fsp3) is 0.444. The minimum Gasteiger partial charge on any atom is -0.371 e. The van der Waals surface area contributed by atoms with Crippen LogP contribution in [0.1, 0.15) is 50.2 Å². The lowest BCUT2D eigenvalue weighted by Gasteiger charge is -2.34. The first-order valence-corrected chi connectivity index (χ1v) is 7.13. The summed E-state index contributed by atoms with van der Waals surface area (Å²) in [4.78, 5) is 2.42. The maximum absolute atomic E-state index is 5.49. The maximum Gasteiger partial charge on any atom is 0.0443 e. The average molecular weight is 253 g/mol. The van der Waals surface area contributed by atoms with Crippen molar-refractivity contribution >= 4 is 11.3 Å². The summed E-state index contributed by atoms with van der Waals surface area (Å²) in [5, 5.41) is 0. The summed E-state index contributed by atoms with van der Waals surface area (Å²) < 4.78 is 0. The second kappa shape index (κ2) is 5.97. The van der Waals surface area contributed by atoms with Crippen LogP contribution in [-0.4, -0.2) is 13.1 Å². The summed E-state index contributed by atoms with van der Waals surface area (Å²) >= 11 is 0. The SMILES string of the molecule is C#Cc1ccc(N(C)C2CCCCC2)c(C(=C)C)c1. The van der Waals surface area contributed by atoms with Gasteiger partial charge in [-0.05, 0) is 43.5 Å². The summed E-state index contributed by atoms with van der Waals surface area (Å²) in [5.74, 6) is 2.71. The molecule has 0 unspecified atom stereocenters. The van der Waals surface area contributed by atoms with E-state index < -0.39 is 0 Å². The Morgan fingerprint density at radius 1 is 1.32 bits per heavy atom. The van der Waals surface area contributed by atoms with Gasteiger partial charge in [0.15, 0.2) is 0 Å². The van der Waals surface area contributed by atoms with Gasteiger partial charge in [-0.3, -0.25) is 0 Å². The summed E-state index contributed by atoms with van der Waals surface area (Å²) in [6.45, 7) is 6.14. The molecule has 1 aliphatic carbocycles. The van der Waals surface area contributed by atoms with Gasteiger partial charge in [0.1, 0.15) is 0 Å². The molecule has 1 nitrogen and oxygen atoms in total. The largest absolute Gasteiger partial charge is 0.371 e. The van der Waals surface area contributed by atoms with Crippen LogP contribution >= 0.6 is 0 Å². The molecule has 0 heterocycles. The summed E-state index contributed by atoms with van der Waals surface area (Å²) in [6.07, 6.45) is 12.2. The predicted octanol–water partition coefficient (Wildman–Crippen LogP) is 4.47. The Labute approximate surface area is 117 Å². The number of terminal acetylenes is 1. The molecule has 0 spiro atoms. The third-order valence-corrected chi connectivity index (χ3v) is 4.13. The highest BCUT2D eigenvalue weighted by atomic mass is 15.1. The first-order chi connectivity index (χ1) is 9.13. The third kappa shape index (κ3) is 3.01. The van der Waals surface area contributed by atoms with E-state index in [1.165, 1.54) is 43.4 Å². The molecule has 0 aromatic heterocycles. The molecule has 19 heavy (non-hydrogen) atoms. The quantitative estimate of drug-likeness (QED) is 0.718. The van der Waals surface area contributed by atoms with E-state index in [4.69, 9.17) is 6.42 Å². The number of hydrogen-bond donors (Lipinski definition) is 0. The Balaban J connectivity index is 2.32. The highest BCUT2D eigenvalue weighted by Gasteiger charge is 2.20. The Kier molecular flexibility index (Phi) is 4.32. The van der Waals surface area contributed by atoms with Gasteiger partial charge in [-0.25, -0.2) is 0 Å². The van der Waals surface area contributed by atoms with Crippen LogP contribution in [-0.2, 0) is 0 Å². The third-order valence-electron chi connectivity index (χ3n) is 4.13. The Hall–Kier alpha value is -1.68. The van der Waals surface area contributed by atoms with Crippen molar-refractivity contribution in [2.24, 2.45) is 0 Å². The molecule has 1 aromatic rings. The van der Waals surface area contributed by atoms with Crippen molar-refractivity contribution in [3.8, 4) is 12.3 Å². The van der Waals surface area contributed by atoms with Gasteiger partial charge >= 0.3 is 0 Å². The Morgan fingerprint density at radius 2 is 2.00 bits per heavy atom. The number of allylic oxidation sites excluding steroid dienone is 1. The highest BCUT2D eigenvalue weighted by molar-refractivity contribution is 5.76. The molecule has 0 aliphatic heterocycles. The number of nitrogens with zero attached hydrogens (tertiary/aromatic N) is 1. The van der Waals surface area contributed by atoms with Gasteiger partial charge in [0, 0.05) is 29.9 Å². The monoisotopic (exact) mass is 253 g/mol. The highest BCUT2D eigenvalue weighted by Crippen LogP contribution is 2.31. The van der Waals surface area contributed by atoms with E-state index >= 15 is 0 Å². The first kappa shape index (κ1) is 13.7. The fourth-order valence-electron chi connectivity index (χ4n) is 2.94. The molecule has 1 aliphatic rings. The minimum atomic E-state index is 0.656. The summed E-state index contributed by atoms with van der Waals surface area (Å²) in [6, 6.07) is 6.91. The van der Waals surface area contributed by atoms with Crippen molar-refractivity contribution in [1.82, 2.24) is 0 Å². The number of hydrogen-bond acceptors (Lipinski definition) is 1. The molecule has 0 amide bonds. The van der Waals surface area contributed by atoms with Gasteiger partial charge in [0.2, 0.25) is 0 Å². The van der Waals surface area contributed by atoms with Crippen LogP contribution in [0, 0.1) is 12.3 Å². The van der Waals surface area contributed by atoms with Crippen LogP contribution in [0.5, 0.6) is 0 Å². The van der Waals surface area contributed by atoms with Crippen LogP contribution in [0.15, 0.2) is 24.8 Å². The van der Waals surface area contributed by atoms with Crippen molar-refractivity contribution in [3.05, 3.63) is 35.9 Å². The molecule has 1 aromatic carbocycles. The molecule has 0 radical (unpaired) electrons. The van der Waals surface area contributed by atoms with Crippen LogP contribution < -0.4 is 4.90 Å². The van der Waals surface area contributed by atoms with Crippen molar-refractivity contribution in [3.63, 3.8) is 0 Å². The Bertz CT molecular complexity index is 501. The zero-order valence-electron chi connectivity index (χ0n) is 12.1. The zero-order chi connectivity index (χ0) is 13.8. The van der Waals surface area contributed by atoms with E-state index in [-0.39, 0.29) is 0 Å². The first-order valence-electron chi connectivity index (χ1n) is 7.13. The van der Waals surface area contributed by atoms with Gasteiger partial charge in [0.05, 0.1) is 0 Å². The summed E-state index contributed by atoms with van der Waals surface area (Å²) in [5.41, 5.74) is 4.45. The molecule has 1 fully saturated rings. The average Bonchev–Trinajstić information content (AvgIpc) is 2.46. The molecule has 0 N–H and O–H groups in total. The van der Waals surface area contributed by atoms with Crippen LogP contribution in [0.25, 0.3) is 5.57 Å². The van der Waals surface area contributed by atoms with Crippen molar-refractivity contribution in [2.75, 3.05) is 11.9 Å². The standard InChI is InChI=1S/C18H23N/c1-5-15-11-12-18(17(13-15)14(2)3)19(4)16-9-7-6-8-10-16/h1,11-13,16H,2,6-10H2,3-4H3. The summed E-state index contributed by atoms with van der Waals surface area (Å²) in [7, 11) is 2.20. The molecule has 0 atom stereocenters. The topological polar surface area (TPSA) is 3.24 Å². The van der Waals surface area contributed by atoms with E-state index in [0.717, 1.165) is 11.1 Å². The van der Waals surface area contributed by atoms with Crippen LogP contribution in [0.2, 0.25) is 0 Å². The fourth-order valence-corrected chi connectivity index (χ4v) is 2.94. The predicted molar refractivity (Wildman–Crippen MR) is 84.4 cm³/mol. The molecule has 1 saturated carbocycles. The lowest BCUT2D eigenvalue weighted by atomic mass is 9.93. The molecular weight excluding hydrogens is 230 g/mol. The van der Waals surface area contributed by atoms with Gasteiger partial charge < -0.3 is 4.90 Å². The normalized spacial score (nSPS) is 15.8. The van der Waals surface area contributed by atoms with Crippen molar-refractivity contribution in [1.29, 1.82) is 0 Å². The van der Waals surface area contributed by atoms with E-state index in [1.54, 1.807) is 0 Å². The van der Waals surface area contributed by atoms with E-state index in [9.17, 15) is 0 Å². The van der Waals surface area contributed by atoms with Gasteiger partial charge in [0.25, 0.3) is 0 Å². The number of anilines is 1. The van der Waals surface area contributed by atoms with Gasteiger partial charge in [-0.2, -0.15) is 0 Å². The lowest BCUT2D eigenvalue weighted by Crippen LogP contribution is -2.33. The molecule has 2 rings (SSSR count). The van der Waals surface area contributed by atoms with Crippen molar-refractivity contribution in [2.45, 2.75) is 45.1 Å². The molecule has 0 saturated heterocycles. The van der Waals surface area contributed by atoms with E-state index in [2.05, 4.69) is 36.6 Å². The van der Waals surface area contributed by atoms with Gasteiger partial charge in [-0.15, -0.1) is 6.42 Å². The Morgan fingerprint density at radius 3 is 2.58 bits per heavy atom. The zero-order valence-corrected chi connectivity index (χ0v) is 12.1. The number of benzene rings is 1. The molecular formula is C18H23N. The lowest BCUT2D eigenvalue weighted by molar-refractivity contribution is 0.427. The van der Waals surface area contributed by atoms with Crippen LogP contribution in [0.4, 0.5) is 5.69 Å². The number of rotatable bonds is 3. The second-order valence-corrected chi connectivity index (χ2v) is 5.56. The second-order valence-electron chi connectivity index (χ2n) is 5.56. The smallest absolute Gasteiger partial charge is 0.0443 e. The maximum atomic E-state index is 5.49. The minimum absolute atomic E-state index is 0.656. The molecule has 100 valence electrons. The van der Waals surface area contributed by atoms with Crippen LogP contribution in [0.3, 0.4) is 0 Å². The van der Waals surface area contributed by atoms with Gasteiger partial charge in [-0.1, -0.05) is 31.8 Å². The van der Waals surface area contributed by atoms with E-state index in [0.29, 0.717) is 6.04 Å².